The van der Waals surface area contributed by atoms with Crippen molar-refractivity contribution in [3.05, 3.63) is 30.1 Å². The molecule has 3 rings (SSSR count). The molecule has 2 heterocycles. The number of likely N-dealkylation sites (tertiary alicyclic amines) is 1. The Morgan fingerprint density at radius 2 is 1.96 bits per heavy atom. The molecular weight excluding hydrogens is 309 g/mol. The zero-order chi connectivity index (χ0) is 17.3. The van der Waals surface area contributed by atoms with Gasteiger partial charge in [-0.2, -0.15) is 0 Å². The minimum atomic E-state index is -0.372. The molecule has 0 unspecified atom stereocenters. The van der Waals surface area contributed by atoms with Gasteiger partial charge in [0.05, 0.1) is 6.04 Å². The number of piperidine rings is 1. The highest BCUT2D eigenvalue weighted by Gasteiger charge is 2.35. The van der Waals surface area contributed by atoms with Crippen molar-refractivity contribution >= 4 is 17.6 Å². The summed E-state index contributed by atoms with van der Waals surface area (Å²) >= 11 is 0. The second-order valence-electron chi connectivity index (χ2n) is 6.87. The Labute approximate surface area is 141 Å². The van der Waals surface area contributed by atoms with E-state index in [0.717, 1.165) is 19.3 Å². The molecule has 2 saturated heterocycles. The van der Waals surface area contributed by atoms with Gasteiger partial charge in [0.1, 0.15) is 5.82 Å². The van der Waals surface area contributed by atoms with Crippen LogP contribution in [0.5, 0.6) is 0 Å². The number of nitrogens with zero attached hydrogens (tertiary/aromatic N) is 2. The Balaban J connectivity index is 1.64. The van der Waals surface area contributed by atoms with Crippen LogP contribution in [0.2, 0.25) is 0 Å². The lowest BCUT2D eigenvalue weighted by Crippen LogP contribution is -2.54. The highest BCUT2D eigenvalue weighted by atomic mass is 19.1. The number of hydrogen-bond donors (Lipinski definition) is 1. The van der Waals surface area contributed by atoms with Crippen molar-refractivity contribution in [3.63, 3.8) is 0 Å². The van der Waals surface area contributed by atoms with Crippen molar-refractivity contribution in [1.82, 2.24) is 10.2 Å². The lowest BCUT2D eigenvalue weighted by Gasteiger charge is -2.39. The molecule has 1 aromatic rings. The first-order valence-corrected chi connectivity index (χ1v) is 8.60. The highest BCUT2D eigenvalue weighted by molar-refractivity contribution is 5.96. The SMILES string of the molecule is C[C@@H]1CCC[C@H](C)N1C(=O)N[C@@H]1CC(=O)N(c2cccc(F)c2)C1. The van der Waals surface area contributed by atoms with Crippen molar-refractivity contribution < 1.29 is 14.0 Å². The summed E-state index contributed by atoms with van der Waals surface area (Å²) in [5.41, 5.74) is 0.538. The Morgan fingerprint density at radius 1 is 1.25 bits per heavy atom. The van der Waals surface area contributed by atoms with Crippen molar-refractivity contribution in [2.24, 2.45) is 0 Å². The number of rotatable bonds is 2. The maximum absolute atomic E-state index is 13.4. The van der Waals surface area contributed by atoms with Gasteiger partial charge in [0.15, 0.2) is 0 Å². The van der Waals surface area contributed by atoms with Crippen molar-refractivity contribution in [2.45, 2.75) is 57.7 Å². The molecule has 2 fully saturated rings. The van der Waals surface area contributed by atoms with Gasteiger partial charge >= 0.3 is 6.03 Å². The van der Waals surface area contributed by atoms with Crippen LogP contribution in [0.1, 0.15) is 39.5 Å². The molecule has 0 saturated carbocycles. The molecule has 2 aliphatic heterocycles. The number of anilines is 1. The lowest BCUT2D eigenvalue weighted by molar-refractivity contribution is -0.117. The van der Waals surface area contributed by atoms with Crippen LogP contribution in [0.15, 0.2) is 24.3 Å². The van der Waals surface area contributed by atoms with Crippen molar-refractivity contribution in [1.29, 1.82) is 0 Å². The first-order chi connectivity index (χ1) is 11.5. The summed E-state index contributed by atoms with van der Waals surface area (Å²) in [5.74, 6) is -0.464. The van der Waals surface area contributed by atoms with Crippen LogP contribution in [0.3, 0.4) is 0 Å². The number of amides is 3. The monoisotopic (exact) mass is 333 g/mol. The quantitative estimate of drug-likeness (QED) is 0.905. The average molecular weight is 333 g/mol. The van der Waals surface area contributed by atoms with E-state index in [-0.39, 0.29) is 42.3 Å². The van der Waals surface area contributed by atoms with E-state index in [1.807, 2.05) is 4.90 Å². The average Bonchev–Trinajstić information content (AvgIpc) is 2.87. The fourth-order valence-corrected chi connectivity index (χ4v) is 3.77. The number of carbonyl (C=O) groups excluding carboxylic acids is 2. The number of hydrogen-bond acceptors (Lipinski definition) is 2. The van der Waals surface area contributed by atoms with Crippen LogP contribution in [0.4, 0.5) is 14.9 Å². The zero-order valence-corrected chi connectivity index (χ0v) is 14.2. The molecule has 0 aromatic heterocycles. The molecule has 0 spiro atoms. The van der Waals surface area contributed by atoms with Crippen LogP contribution in [0.25, 0.3) is 0 Å². The summed E-state index contributed by atoms with van der Waals surface area (Å²) in [7, 11) is 0. The topological polar surface area (TPSA) is 52.7 Å². The lowest BCUT2D eigenvalue weighted by atomic mass is 9.98. The van der Waals surface area contributed by atoms with E-state index in [4.69, 9.17) is 0 Å². The van der Waals surface area contributed by atoms with Crippen molar-refractivity contribution in [3.8, 4) is 0 Å². The predicted octanol–water partition coefficient (Wildman–Crippen LogP) is 2.90. The highest BCUT2D eigenvalue weighted by Crippen LogP contribution is 2.25. The molecule has 3 amide bonds. The predicted molar refractivity (Wildman–Crippen MR) is 90.3 cm³/mol. The third-order valence-corrected chi connectivity index (χ3v) is 5.00. The summed E-state index contributed by atoms with van der Waals surface area (Å²) in [5, 5.41) is 2.98. The summed E-state index contributed by atoms with van der Waals surface area (Å²) in [6, 6.07) is 6.07. The number of urea groups is 1. The maximum atomic E-state index is 13.4. The zero-order valence-electron chi connectivity index (χ0n) is 14.2. The fraction of sp³-hybridized carbons (Fsp3) is 0.556. The van der Waals surface area contributed by atoms with E-state index in [0.29, 0.717) is 12.2 Å². The van der Waals surface area contributed by atoms with Gasteiger partial charge in [0.2, 0.25) is 5.91 Å². The summed E-state index contributed by atoms with van der Waals surface area (Å²) in [6.07, 6.45) is 3.41. The molecule has 6 heteroatoms. The Morgan fingerprint density at radius 3 is 2.62 bits per heavy atom. The minimum Gasteiger partial charge on any atom is -0.333 e. The Hall–Kier alpha value is -2.11. The number of halogens is 1. The summed E-state index contributed by atoms with van der Waals surface area (Å²) in [6.45, 7) is 4.51. The normalized spacial score (nSPS) is 27.5. The third kappa shape index (κ3) is 3.37. The van der Waals surface area contributed by atoms with E-state index >= 15 is 0 Å². The van der Waals surface area contributed by atoms with E-state index in [1.165, 1.54) is 17.0 Å². The van der Waals surface area contributed by atoms with Gasteiger partial charge < -0.3 is 15.1 Å². The molecule has 0 bridgehead atoms. The number of carbonyl (C=O) groups is 2. The van der Waals surface area contributed by atoms with Gasteiger partial charge in [-0.3, -0.25) is 4.79 Å². The second-order valence-corrected chi connectivity index (χ2v) is 6.87. The van der Waals surface area contributed by atoms with Crippen LogP contribution in [-0.4, -0.2) is 41.5 Å². The summed E-state index contributed by atoms with van der Waals surface area (Å²) in [4.78, 5) is 28.3. The first kappa shape index (κ1) is 16.7. The minimum absolute atomic E-state index is 0.0920. The molecule has 5 nitrogen and oxygen atoms in total. The molecule has 0 radical (unpaired) electrons. The number of nitrogens with one attached hydrogen (secondary N) is 1. The molecule has 24 heavy (non-hydrogen) atoms. The Bertz CT molecular complexity index is 626. The molecule has 2 aliphatic rings. The van der Waals surface area contributed by atoms with Gasteiger partial charge in [-0.25, -0.2) is 9.18 Å². The van der Waals surface area contributed by atoms with Crippen LogP contribution in [0, 0.1) is 5.82 Å². The maximum Gasteiger partial charge on any atom is 0.318 e. The van der Waals surface area contributed by atoms with Crippen LogP contribution < -0.4 is 10.2 Å². The van der Waals surface area contributed by atoms with E-state index < -0.39 is 0 Å². The van der Waals surface area contributed by atoms with E-state index in [9.17, 15) is 14.0 Å². The van der Waals surface area contributed by atoms with Gasteiger partial charge in [0.25, 0.3) is 0 Å². The van der Waals surface area contributed by atoms with Gasteiger partial charge in [0, 0.05) is 30.7 Å². The second kappa shape index (κ2) is 6.79. The van der Waals surface area contributed by atoms with Crippen molar-refractivity contribution in [2.75, 3.05) is 11.4 Å². The smallest absolute Gasteiger partial charge is 0.318 e. The van der Waals surface area contributed by atoms with E-state index in [2.05, 4.69) is 19.2 Å². The van der Waals surface area contributed by atoms with Gasteiger partial charge in [-0.1, -0.05) is 6.07 Å². The van der Waals surface area contributed by atoms with Crippen LogP contribution >= 0.6 is 0 Å². The number of benzene rings is 1. The fourth-order valence-electron chi connectivity index (χ4n) is 3.77. The van der Waals surface area contributed by atoms with Gasteiger partial charge in [-0.05, 0) is 51.3 Å². The Kier molecular flexibility index (Phi) is 4.73. The summed E-state index contributed by atoms with van der Waals surface area (Å²) < 4.78 is 13.4. The molecule has 1 N–H and O–H groups in total. The molecular formula is C18H24FN3O2. The standard InChI is InChI=1S/C18H24FN3O2/c1-12-5-3-6-13(2)22(12)18(24)20-15-10-17(23)21(11-15)16-8-4-7-14(19)9-16/h4,7-9,12-13,15H,3,5-6,10-11H2,1-2H3,(H,20,24)/t12-,13+,15-/m1/s1. The molecule has 130 valence electrons. The molecule has 3 atom stereocenters. The molecule has 0 aliphatic carbocycles. The van der Waals surface area contributed by atoms with E-state index in [1.54, 1.807) is 12.1 Å². The third-order valence-electron chi connectivity index (χ3n) is 5.00. The van der Waals surface area contributed by atoms with Gasteiger partial charge in [-0.15, -0.1) is 0 Å². The largest absolute Gasteiger partial charge is 0.333 e. The van der Waals surface area contributed by atoms with Crippen LogP contribution in [-0.2, 0) is 4.79 Å². The molecule has 1 aromatic carbocycles. The first-order valence-electron chi connectivity index (χ1n) is 8.60.